The summed E-state index contributed by atoms with van der Waals surface area (Å²) in [5.41, 5.74) is 0.838. The van der Waals surface area contributed by atoms with Crippen molar-refractivity contribution in [2.45, 2.75) is 0 Å². The lowest BCUT2D eigenvalue weighted by Gasteiger charge is -1.96. The Bertz CT molecular complexity index is 548. The van der Waals surface area contributed by atoms with Gasteiger partial charge in [0, 0.05) is 0 Å². The number of rotatable bonds is 3. The maximum Gasteiger partial charge on any atom is 0.249 e. The van der Waals surface area contributed by atoms with Gasteiger partial charge in [0.05, 0.1) is 17.3 Å². The van der Waals surface area contributed by atoms with Crippen molar-refractivity contribution >= 4 is 32.6 Å². The number of thiazole rings is 1. The van der Waals surface area contributed by atoms with E-state index < -0.39 is 0 Å². The second-order valence-corrected chi connectivity index (χ2v) is 4.08. The minimum Gasteiger partial charge on any atom is -0.497 e. The van der Waals surface area contributed by atoms with Gasteiger partial charge in [-0.25, -0.2) is 4.98 Å². The first-order chi connectivity index (χ1) is 7.72. The molecule has 4 nitrogen and oxygen atoms in total. The number of anilines is 1. The fraction of sp³-hybridized carbons (Fsp3) is 0.0909. The SMILES string of the molecule is C=CC(=O)Nc1nc2ccc(OC)cc2s1. The van der Waals surface area contributed by atoms with Crippen LogP contribution in [0.2, 0.25) is 0 Å². The maximum absolute atomic E-state index is 11.1. The highest BCUT2D eigenvalue weighted by Gasteiger charge is 2.06. The predicted octanol–water partition coefficient (Wildman–Crippen LogP) is 2.43. The van der Waals surface area contributed by atoms with Crippen LogP contribution in [0, 0.1) is 0 Å². The van der Waals surface area contributed by atoms with Crippen LogP contribution < -0.4 is 10.1 Å². The minimum absolute atomic E-state index is 0.258. The summed E-state index contributed by atoms with van der Waals surface area (Å²) in [6.45, 7) is 3.38. The standard InChI is InChI=1S/C11H10N2O2S/c1-3-10(14)13-11-12-8-5-4-7(15-2)6-9(8)16-11/h3-6H,1H2,2H3,(H,12,13,14). The lowest BCUT2D eigenvalue weighted by molar-refractivity contribution is -0.111. The fourth-order valence-electron chi connectivity index (χ4n) is 1.24. The third-order valence-electron chi connectivity index (χ3n) is 2.01. The third kappa shape index (κ3) is 2.04. The van der Waals surface area contributed by atoms with Gasteiger partial charge < -0.3 is 4.74 Å². The maximum atomic E-state index is 11.1. The molecule has 82 valence electrons. The smallest absolute Gasteiger partial charge is 0.249 e. The number of nitrogens with zero attached hydrogens (tertiary/aromatic N) is 1. The van der Waals surface area contributed by atoms with Crippen molar-refractivity contribution in [3.8, 4) is 5.75 Å². The van der Waals surface area contributed by atoms with Crippen LogP contribution in [0.3, 0.4) is 0 Å². The van der Waals surface area contributed by atoms with Crippen LogP contribution in [0.15, 0.2) is 30.9 Å². The molecule has 0 saturated heterocycles. The van der Waals surface area contributed by atoms with Crippen molar-refractivity contribution in [1.29, 1.82) is 0 Å². The molecule has 0 saturated carbocycles. The largest absolute Gasteiger partial charge is 0.497 e. The van der Waals surface area contributed by atoms with Crippen molar-refractivity contribution in [2.75, 3.05) is 12.4 Å². The molecule has 1 N–H and O–H groups in total. The van der Waals surface area contributed by atoms with Crippen LogP contribution in [0.1, 0.15) is 0 Å². The topological polar surface area (TPSA) is 51.2 Å². The molecular formula is C11H10N2O2S. The van der Waals surface area contributed by atoms with Crippen molar-refractivity contribution < 1.29 is 9.53 Å². The van der Waals surface area contributed by atoms with Gasteiger partial charge in [-0.05, 0) is 24.3 Å². The molecule has 1 heterocycles. The van der Waals surface area contributed by atoms with E-state index in [0.717, 1.165) is 16.0 Å². The van der Waals surface area contributed by atoms with E-state index in [-0.39, 0.29) is 5.91 Å². The molecule has 1 amide bonds. The van der Waals surface area contributed by atoms with E-state index in [0.29, 0.717) is 5.13 Å². The molecule has 0 atom stereocenters. The van der Waals surface area contributed by atoms with Crippen LogP contribution in [0.25, 0.3) is 10.2 Å². The number of methoxy groups -OCH3 is 1. The molecule has 1 aromatic heterocycles. The first-order valence-corrected chi connectivity index (χ1v) is 5.42. The van der Waals surface area contributed by atoms with Gasteiger partial charge in [-0.15, -0.1) is 0 Å². The molecule has 1 aromatic carbocycles. The highest BCUT2D eigenvalue weighted by Crippen LogP contribution is 2.28. The van der Waals surface area contributed by atoms with Gasteiger partial charge >= 0.3 is 0 Å². The van der Waals surface area contributed by atoms with E-state index >= 15 is 0 Å². The number of carbonyl (C=O) groups excluding carboxylic acids is 1. The van der Waals surface area contributed by atoms with Crippen LogP contribution in [0.5, 0.6) is 5.75 Å². The highest BCUT2D eigenvalue weighted by atomic mass is 32.1. The summed E-state index contributed by atoms with van der Waals surface area (Å²) in [6.07, 6.45) is 1.21. The molecule has 16 heavy (non-hydrogen) atoms. The Morgan fingerprint density at radius 2 is 2.44 bits per heavy atom. The zero-order valence-corrected chi connectivity index (χ0v) is 9.50. The second kappa shape index (κ2) is 4.32. The first kappa shape index (κ1) is 10.6. The van der Waals surface area contributed by atoms with E-state index in [1.807, 2.05) is 18.2 Å². The monoisotopic (exact) mass is 234 g/mol. The van der Waals surface area contributed by atoms with Gasteiger partial charge in [0.25, 0.3) is 0 Å². The molecule has 0 spiro atoms. The van der Waals surface area contributed by atoms with Gasteiger partial charge in [-0.2, -0.15) is 0 Å². The van der Waals surface area contributed by atoms with E-state index in [1.165, 1.54) is 17.4 Å². The van der Waals surface area contributed by atoms with Crippen molar-refractivity contribution in [3.05, 3.63) is 30.9 Å². The van der Waals surface area contributed by atoms with Gasteiger partial charge in [-0.3, -0.25) is 10.1 Å². The van der Waals surface area contributed by atoms with Gasteiger partial charge in [0.15, 0.2) is 5.13 Å². The highest BCUT2D eigenvalue weighted by molar-refractivity contribution is 7.22. The summed E-state index contributed by atoms with van der Waals surface area (Å²) >= 11 is 1.40. The molecule has 5 heteroatoms. The summed E-state index contributed by atoms with van der Waals surface area (Å²) in [4.78, 5) is 15.4. The van der Waals surface area contributed by atoms with Gasteiger partial charge in [0.2, 0.25) is 5.91 Å². The molecule has 2 rings (SSSR count). The lowest BCUT2D eigenvalue weighted by Crippen LogP contribution is -2.06. The average molecular weight is 234 g/mol. The van der Waals surface area contributed by atoms with E-state index in [1.54, 1.807) is 7.11 Å². The van der Waals surface area contributed by atoms with E-state index in [4.69, 9.17) is 4.74 Å². The summed E-state index contributed by atoms with van der Waals surface area (Å²) in [6, 6.07) is 5.58. The number of nitrogens with one attached hydrogen (secondary N) is 1. The number of fused-ring (bicyclic) bond motifs is 1. The molecule has 0 unspecified atom stereocenters. The Hall–Kier alpha value is -1.88. The van der Waals surface area contributed by atoms with Crippen molar-refractivity contribution in [1.82, 2.24) is 4.98 Å². The van der Waals surface area contributed by atoms with Crippen molar-refractivity contribution in [2.24, 2.45) is 0 Å². The molecule has 0 fully saturated rings. The zero-order chi connectivity index (χ0) is 11.5. The molecular weight excluding hydrogens is 224 g/mol. The third-order valence-corrected chi connectivity index (χ3v) is 2.94. The molecule has 0 bridgehead atoms. The van der Waals surface area contributed by atoms with E-state index in [2.05, 4.69) is 16.9 Å². The zero-order valence-electron chi connectivity index (χ0n) is 8.69. The van der Waals surface area contributed by atoms with Crippen LogP contribution >= 0.6 is 11.3 Å². The minimum atomic E-state index is -0.258. The van der Waals surface area contributed by atoms with E-state index in [9.17, 15) is 4.79 Å². The van der Waals surface area contributed by atoms with Crippen LogP contribution in [0.4, 0.5) is 5.13 Å². The van der Waals surface area contributed by atoms with Crippen LogP contribution in [-0.4, -0.2) is 18.0 Å². The van der Waals surface area contributed by atoms with Crippen molar-refractivity contribution in [3.63, 3.8) is 0 Å². The number of amides is 1. The Kier molecular flexibility index (Phi) is 2.87. The Labute approximate surface area is 96.6 Å². The predicted molar refractivity (Wildman–Crippen MR) is 65.0 cm³/mol. The molecule has 0 aliphatic heterocycles. The molecule has 0 aliphatic rings. The summed E-state index contributed by atoms with van der Waals surface area (Å²) in [7, 11) is 1.61. The summed E-state index contributed by atoms with van der Waals surface area (Å²) in [5.74, 6) is 0.517. The molecule has 0 radical (unpaired) electrons. The second-order valence-electron chi connectivity index (χ2n) is 3.05. The first-order valence-electron chi connectivity index (χ1n) is 4.61. The lowest BCUT2D eigenvalue weighted by atomic mass is 10.3. The van der Waals surface area contributed by atoms with Gasteiger partial charge in [-0.1, -0.05) is 17.9 Å². The molecule has 0 aliphatic carbocycles. The molecule has 2 aromatic rings. The summed E-state index contributed by atoms with van der Waals surface area (Å²) in [5, 5.41) is 3.19. The number of hydrogen-bond acceptors (Lipinski definition) is 4. The van der Waals surface area contributed by atoms with Gasteiger partial charge in [0.1, 0.15) is 5.75 Å². The van der Waals surface area contributed by atoms with Crippen LogP contribution in [-0.2, 0) is 4.79 Å². The number of carbonyl (C=O) groups is 1. The number of ether oxygens (including phenoxy) is 1. The Morgan fingerprint density at radius 1 is 1.62 bits per heavy atom. The summed E-state index contributed by atoms with van der Waals surface area (Å²) < 4.78 is 6.08. The fourth-order valence-corrected chi connectivity index (χ4v) is 2.14. The Morgan fingerprint density at radius 3 is 3.12 bits per heavy atom. The number of hydrogen-bond donors (Lipinski definition) is 1. The number of aromatic nitrogens is 1. The quantitative estimate of drug-likeness (QED) is 0.830. The Balaban J connectivity index is 2.36. The number of benzene rings is 1. The average Bonchev–Trinajstić information content (AvgIpc) is 2.69. The normalized spacial score (nSPS) is 10.1.